The van der Waals surface area contributed by atoms with Gasteiger partial charge in [-0.2, -0.15) is 13.2 Å². The molecular formula is C20H21F3N2O4. The maximum Gasteiger partial charge on any atom is 0.421 e. The molecular weight excluding hydrogens is 389 g/mol. The third kappa shape index (κ3) is 5.91. The molecule has 0 bridgehead atoms. The maximum atomic E-state index is 12.8. The Morgan fingerprint density at radius 2 is 1.93 bits per heavy atom. The number of rotatable bonds is 6. The van der Waals surface area contributed by atoms with Crippen LogP contribution < -0.4 is 5.56 Å². The van der Waals surface area contributed by atoms with Crippen LogP contribution in [-0.2, 0) is 33.5 Å². The van der Waals surface area contributed by atoms with Crippen molar-refractivity contribution < 1.29 is 27.4 Å². The average Bonchev–Trinajstić information content (AvgIpc) is 2.68. The quantitative estimate of drug-likeness (QED) is 0.684. The van der Waals surface area contributed by atoms with Crippen molar-refractivity contribution in [2.45, 2.75) is 25.4 Å². The molecule has 0 saturated carbocycles. The van der Waals surface area contributed by atoms with Crippen LogP contribution >= 0.6 is 0 Å². The lowest BCUT2D eigenvalue weighted by Crippen LogP contribution is -2.44. The number of morpholine rings is 1. The fraction of sp³-hybridized carbons (Fsp3) is 0.400. The van der Waals surface area contributed by atoms with Crippen LogP contribution in [-0.4, -0.2) is 47.8 Å². The lowest BCUT2D eigenvalue weighted by Gasteiger charge is -2.32. The number of hydrogen-bond donors (Lipinski definition) is 0. The Morgan fingerprint density at radius 3 is 2.66 bits per heavy atom. The van der Waals surface area contributed by atoms with E-state index in [0.29, 0.717) is 23.8 Å². The van der Waals surface area contributed by atoms with Crippen molar-refractivity contribution in [1.82, 2.24) is 9.47 Å². The van der Waals surface area contributed by atoms with Gasteiger partial charge in [0.15, 0.2) is 0 Å². The number of carbonyl (C=O) groups excluding carboxylic acids is 1. The van der Waals surface area contributed by atoms with Crippen molar-refractivity contribution in [2.75, 3.05) is 26.3 Å². The summed E-state index contributed by atoms with van der Waals surface area (Å²) in [6, 6.07) is 11.7. The molecule has 0 spiro atoms. The first-order valence-corrected chi connectivity index (χ1v) is 9.13. The van der Waals surface area contributed by atoms with Crippen LogP contribution in [0.1, 0.15) is 11.1 Å². The minimum Gasteiger partial charge on any atom is -0.462 e. The number of alkyl halides is 3. The van der Waals surface area contributed by atoms with Crippen LogP contribution in [0.2, 0.25) is 0 Å². The largest absolute Gasteiger partial charge is 0.462 e. The van der Waals surface area contributed by atoms with Crippen LogP contribution in [0.3, 0.4) is 0 Å². The van der Waals surface area contributed by atoms with Crippen molar-refractivity contribution in [3.05, 3.63) is 70.1 Å². The summed E-state index contributed by atoms with van der Waals surface area (Å²) >= 11 is 0. The van der Waals surface area contributed by atoms with E-state index in [4.69, 9.17) is 9.47 Å². The lowest BCUT2D eigenvalue weighted by molar-refractivity contribution is -0.152. The standard InChI is InChI=1S/C20H21F3N2O4/c21-20(22,23)17-7-4-8-25(19(17)27)13-18(26)29-14-16-12-24(9-10-28-16)11-15-5-2-1-3-6-15/h1-8,16H,9-14H2. The van der Waals surface area contributed by atoms with Gasteiger partial charge in [-0.05, 0) is 17.7 Å². The van der Waals surface area contributed by atoms with Gasteiger partial charge in [-0.15, -0.1) is 0 Å². The molecule has 3 rings (SSSR count). The minimum absolute atomic E-state index is 0.0299. The SMILES string of the molecule is O=C(Cn1cccc(C(F)(F)F)c1=O)OCC1CN(Cc2ccccc2)CCO1. The summed E-state index contributed by atoms with van der Waals surface area (Å²) in [5, 5.41) is 0. The number of carbonyl (C=O) groups is 1. The number of nitrogens with zero attached hydrogens (tertiary/aromatic N) is 2. The Bertz CT molecular complexity index is 883. The maximum absolute atomic E-state index is 12.8. The molecule has 2 aromatic rings. The fourth-order valence-corrected chi connectivity index (χ4v) is 3.11. The third-order valence-corrected chi connectivity index (χ3v) is 4.53. The summed E-state index contributed by atoms with van der Waals surface area (Å²) in [6.07, 6.45) is -3.99. The molecule has 0 radical (unpaired) electrons. The van der Waals surface area contributed by atoms with Crippen LogP contribution in [0.25, 0.3) is 0 Å². The van der Waals surface area contributed by atoms with E-state index in [0.717, 1.165) is 30.9 Å². The molecule has 29 heavy (non-hydrogen) atoms. The van der Waals surface area contributed by atoms with Crippen LogP contribution in [0.15, 0.2) is 53.5 Å². The summed E-state index contributed by atoms with van der Waals surface area (Å²) in [5.41, 5.74) is -1.44. The zero-order chi connectivity index (χ0) is 20.9. The first-order chi connectivity index (χ1) is 13.8. The molecule has 1 aliphatic rings. The molecule has 1 unspecified atom stereocenters. The Balaban J connectivity index is 1.51. The predicted molar refractivity (Wildman–Crippen MR) is 98.1 cm³/mol. The average molecular weight is 410 g/mol. The topological polar surface area (TPSA) is 60.8 Å². The Kier molecular flexibility index (Phi) is 6.71. The van der Waals surface area contributed by atoms with Gasteiger partial charge in [-0.25, -0.2) is 0 Å². The summed E-state index contributed by atoms with van der Waals surface area (Å²) in [7, 11) is 0. The predicted octanol–water partition coefficient (Wildman–Crippen LogP) is 2.31. The van der Waals surface area contributed by atoms with E-state index >= 15 is 0 Å². The lowest BCUT2D eigenvalue weighted by atomic mass is 10.2. The first kappa shape index (κ1) is 21.1. The highest BCUT2D eigenvalue weighted by atomic mass is 19.4. The van der Waals surface area contributed by atoms with Crippen molar-refractivity contribution in [2.24, 2.45) is 0 Å². The van der Waals surface area contributed by atoms with Crippen molar-refractivity contribution in [3.8, 4) is 0 Å². The van der Waals surface area contributed by atoms with E-state index in [9.17, 15) is 22.8 Å². The van der Waals surface area contributed by atoms with E-state index in [1.807, 2.05) is 30.3 Å². The number of pyridine rings is 1. The smallest absolute Gasteiger partial charge is 0.421 e. The Morgan fingerprint density at radius 1 is 1.17 bits per heavy atom. The van der Waals surface area contributed by atoms with E-state index < -0.39 is 29.8 Å². The molecule has 1 saturated heterocycles. The molecule has 6 nitrogen and oxygen atoms in total. The van der Waals surface area contributed by atoms with Crippen molar-refractivity contribution in [1.29, 1.82) is 0 Å². The van der Waals surface area contributed by atoms with Gasteiger partial charge in [0, 0.05) is 25.8 Å². The zero-order valence-electron chi connectivity index (χ0n) is 15.6. The number of ether oxygens (including phenoxy) is 2. The molecule has 0 aliphatic carbocycles. The van der Waals surface area contributed by atoms with Gasteiger partial charge in [-0.3, -0.25) is 14.5 Å². The number of aromatic nitrogens is 1. The molecule has 1 fully saturated rings. The summed E-state index contributed by atoms with van der Waals surface area (Å²) < 4.78 is 49.8. The number of esters is 1. The van der Waals surface area contributed by atoms with E-state index in [1.54, 1.807) is 0 Å². The van der Waals surface area contributed by atoms with Gasteiger partial charge in [0.05, 0.1) is 6.61 Å². The second-order valence-electron chi connectivity index (χ2n) is 6.75. The van der Waals surface area contributed by atoms with Crippen LogP contribution in [0.4, 0.5) is 13.2 Å². The molecule has 1 aromatic heterocycles. The van der Waals surface area contributed by atoms with Gasteiger partial charge in [0.2, 0.25) is 0 Å². The molecule has 1 aromatic carbocycles. The molecule has 9 heteroatoms. The Hall–Kier alpha value is -2.65. The summed E-state index contributed by atoms with van der Waals surface area (Å²) in [4.78, 5) is 26.1. The fourth-order valence-electron chi connectivity index (χ4n) is 3.11. The van der Waals surface area contributed by atoms with Crippen LogP contribution in [0.5, 0.6) is 0 Å². The highest BCUT2D eigenvalue weighted by molar-refractivity contribution is 5.69. The number of benzene rings is 1. The van der Waals surface area contributed by atoms with E-state index in [2.05, 4.69) is 4.90 Å². The van der Waals surface area contributed by atoms with E-state index in [-0.39, 0.29) is 12.7 Å². The number of halogens is 3. The van der Waals surface area contributed by atoms with Crippen molar-refractivity contribution >= 4 is 5.97 Å². The molecule has 2 heterocycles. The molecule has 0 N–H and O–H groups in total. The second kappa shape index (κ2) is 9.23. The van der Waals surface area contributed by atoms with Gasteiger partial charge < -0.3 is 14.0 Å². The van der Waals surface area contributed by atoms with Crippen molar-refractivity contribution in [3.63, 3.8) is 0 Å². The number of hydrogen-bond acceptors (Lipinski definition) is 5. The van der Waals surface area contributed by atoms with E-state index in [1.165, 1.54) is 0 Å². The highest BCUT2D eigenvalue weighted by Crippen LogP contribution is 2.25. The van der Waals surface area contributed by atoms with Crippen LogP contribution in [0, 0.1) is 0 Å². The zero-order valence-corrected chi connectivity index (χ0v) is 15.6. The normalized spacial score (nSPS) is 17.8. The molecule has 1 atom stereocenters. The monoisotopic (exact) mass is 410 g/mol. The Labute approximate surface area is 165 Å². The summed E-state index contributed by atoms with van der Waals surface area (Å²) in [6.45, 7) is 1.92. The third-order valence-electron chi connectivity index (χ3n) is 4.53. The second-order valence-corrected chi connectivity index (χ2v) is 6.75. The highest BCUT2D eigenvalue weighted by Gasteiger charge is 2.34. The van der Waals surface area contributed by atoms with Gasteiger partial charge in [0.1, 0.15) is 24.8 Å². The minimum atomic E-state index is -4.78. The molecule has 0 amide bonds. The van der Waals surface area contributed by atoms with Gasteiger partial charge in [-0.1, -0.05) is 30.3 Å². The summed E-state index contributed by atoms with van der Waals surface area (Å²) in [5.74, 6) is -0.796. The van der Waals surface area contributed by atoms with Gasteiger partial charge in [0.25, 0.3) is 5.56 Å². The first-order valence-electron chi connectivity index (χ1n) is 9.13. The van der Waals surface area contributed by atoms with Gasteiger partial charge >= 0.3 is 12.1 Å². The molecule has 156 valence electrons. The molecule has 1 aliphatic heterocycles.